The topological polar surface area (TPSA) is 3.24 Å². The van der Waals surface area contributed by atoms with Crippen molar-refractivity contribution in [2.75, 3.05) is 18.0 Å². The standard InChI is InChI=1S/C12H15ClIN/c1-9-4-6-15(7-5-9)12-3-2-10(13)8-11(12)14/h2-3,8-9H,4-7H2,1H3. The summed E-state index contributed by atoms with van der Waals surface area (Å²) >= 11 is 8.32. The van der Waals surface area contributed by atoms with E-state index >= 15 is 0 Å². The van der Waals surface area contributed by atoms with Crippen LogP contribution in [0.15, 0.2) is 18.2 Å². The minimum atomic E-state index is 0.827. The molecule has 1 nitrogen and oxygen atoms in total. The zero-order valence-electron chi connectivity index (χ0n) is 8.84. The summed E-state index contributed by atoms with van der Waals surface area (Å²) in [5.74, 6) is 0.881. The lowest BCUT2D eigenvalue weighted by Crippen LogP contribution is -2.33. The SMILES string of the molecule is CC1CCN(c2ccc(Cl)cc2I)CC1. The Morgan fingerprint density at radius 1 is 1.33 bits per heavy atom. The Bertz CT molecular complexity index is 345. The van der Waals surface area contributed by atoms with Crippen LogP contribution >= 0.6 is 34.2 Å². The summed E-state index contributed by atoms with van der Waals surface area (Å²) in [5.41, 5.74) is 1.34. The minimum Gasteiger partial charge on any atom is -0.371 e. The van der Waals surface area contributed by atoms with Gasteiger partial charge in [-0.25, -0.2) is 0 Å². The van der Waals surface area contributed by atoms with Gasteiger partial charge in [-0.3, -0.25) is 0 Å². The molecule has 0 saturated carbocycles. The third-order valence-electron chi connectivity index (χ3n) is 3.03. The molecule has 15 heavy (non-hydrogen) atoms. The fourth-order valence-electron chi connectivity index (χ4n) is 1.99. The van der Waals surface area contributed by atoms with E-state index in [1.165, 1.54) is 35.2 Å². The molecule has 1 heterocycles. The Kier molecular flexibility index (Phi) is 3.78. The number of piperidine rings is 1. The van der Waals surface area contributed by atoms with Gasteiger partial charge in [-0.05, 0) is 59.5 Å². The molecule has 0 bridgehead atoms. The Morgan fingerprint density at radius 2 is 2.00 bits per heavy atom. The number of anilines is 1. The summed E-state index contributed by atoms with van der Waals surface area (Å²) < 4.78 is 1.26. The third kappa shape index (κ3) is 2.78. The molecule has 1 fully saturated rings. The number of benzene rings is 1. The van der Waals surface area contributed by atoms with Crippen LogP contribution in [0.4, 0.5) is 5.69 Å². The number of nitrogens with zero attached hydrogens (tertiary/aromatic N) is 1. The van der Waals surface area contributed by atoms with Crippen LogP contribution in [0, 0.1) is 9.49 Å². The highest BCUT2D eigenvalue weighted by atomic mass is 127. The molecule has 3 heteroatoms. The maximum Gasteiger partial charge on any atom is 0.0502 e. The van der Waals surface area contributed by atoms with Crippen LogP contribution in [-0.4, -0.2) is 13.1 Å². The van der Waals surface area contributed by atoms with Crippen LogP contribution in [0.5, 0.6) is 0 Å². The molecule has 0 unspecified atom stereocenters. The minimum absolute atomic E-state index is 0.827. The normalized spacial score (nSPS) is 18.2. The molecule has 2 rings (SSSR count). The van der Waals surface area contributed by atoms with E-state index in [9.17, 15) is 0 Å². The van der Waals surface area contributed by atoms with Crippen molar-refractivity contribution < 1.29 is 0 Å². The zero-order valence-corrected chi connectivity index (χ0v) is 11.8. The summed E-state index contributed by atoms with van der Waals surface area (Å²) in [7, 11) is 0. The van der Waals surface area contributed by atoms with E-state index in [2.05, 4.69) is 40.5 Å². The lowest BCUT2D eigenvalue weighted by molar-refractivity contribution is 0.438. The predicted molar refractivity (Wildman–Crippen MR) is 74.8 cm³/mol. The highest BCUT2D eigenvalue weighted by Crippen LogP contribution is 2.29. The molecule has 0 radical (unpaired) electrons. The summed E-state index contributed by atoms with van der Waals surface area (Å²) in [6.45, 7) is 4.70. The summed E-state index contributed by atoms with van der Waals surface area (Å²) in [5, 5.41) is 0.827. The first-order valence-corrected chi connectivity index (χ1v) is 6.82. The van der Waals surface area contributed by atoms with E-state index < -0.39 is 0 Å². The summed E-state index contributed by atoms with van der Waals surface area (Å²) in [4.78, 5) is 2.47. The largest absolute Gasteiger partial charge is 0.371 e. The van der Waals surface area contributed by atoms with Crippen LogP contribution in [-0.2, 0) is 0 Å². The molecule has 0 spiro atoms. The molecule has 1 aromatic carbocycles. The van der Waals surface area contributed by atoms with Gasteiger partial charge in [-0.15, -0.1) is 0 Å². The van der Waals surface area contributed by atoms with Crippen LogP contribution in [0.2, 0.25) is 5.02 Å². The van der Waals surface area contributed by atoms with Gasteiger partial charge in [0, 0.05) is 21.7 Å². The maximum absolute atomic E-state index is 5.96. The average Bonchev–Trinajstić information content (AvgIpc) is 2.20. The van der Waals surface area contributed by atoms with Gasteiger partial charge in [0.05, 0.1) is 5.69 Å². The van der Waals surface area contributed by atoms with Crippen molar-refractivity contribution >= 4 is 39.9 Å². The second-order valence-corrected chi connectivity index (χ2v) is 5.86. The van der Waals surface area contributed by atoms with E-state index in [0.717, 1.165) is 10.9 Å². The molecule has 0 aliphatic carbocycles. The van der Waals surface area contributed by atoms with Crippen molar-refractivity contribution in [2.24, 2.45) is 5.92 Å². The van der Waals surface area contributed by atoms with Crippen molar-refractivity contribution in [1.29, 1.82) is 0 Å². The molecule has 0 amide bonds. The maximum atomic E-state index is 5.96. The van der Waals surface area contributed by atoms with E-state index in [1.54, 1.807) is 0 Å². The molecule has 0 aromatic heterocycles. The molecule has 1 aromatic rings. The highest BCUT2D eigenvalue weighted by molar-refractivity contribution is 14.1. The second kappa shape index (κ2) is 4.91. The van der Waals surface area contributed by atoms with Crippen molar-refractivity contribution in [1.82, 2.24) is 0 Å². The summed E-state index contributed by atoms with van der Waals surface area (Å²) in [6, 6.07) is 6.16. The molecule has 82 valence electrons. The van der Waals surface area contributed by atoms with E-state index in [1.807, 2.05) is 12.1 Å². The number of rotatable bonds is 1. The van der Waals surface area contributed by atoms with Crippen LogP contribution in [0.1, 0.15) is 19.8 Å². The smallest absolute Gasteiger partial charge is 0.0502 e. The lowest BCUT2D eigenvalue weighted by Gasteiger charge is -2.32. The van der Waals surface area contributed by atoms with Gasteiger partial charge >= 0.3 is 0 Å². The van der Waals surface area contributed by atoms with E-state index in [0.29, 0.717) is 0 Å². The average molecular weight is 336 g/mol. The van der Waals surface area contributed by atoms with Crippen molar-refractivity contribution in [3.63, 3.8) is 0 Å². The first-order valence-electron chi connectivity index (χ1n) is 5.37. The molecular weight excluding hydrogens is 320 g/mol. The predicted octanol–water partition coefficient (Wildman–Crippen LogP) is 4.18. The second-order valence-electron chi connectivity index (χ2n) is 4.27. The zero-order chi connectivity index (χ0) is 10.8. The Morgan fingerprint density at radius 3 is 2.60 bits per heavy atom. The van der Waals surface area contributed by atoms with Gasteiger partial charge in [0.2, 0.25) is 0 Å². The molecule has 1 saturated heterocycles. The first-order chi connectivity index (χ1) is 7.16. The van der Waals surface area contributed by atoms with Gasteiger partial charge < -0.3 is 4.90 Å². The molecule has 0 atom stereocenters. The van der Waals surface area contributed by atoms with Gasteiger partial charge in [-0.2, -0.15) is 0 Å². The quantitative estimate of drug-likeness (QED) is 0.696. The van der Waals surface area contributed by atoms with E-state index in [-0.39, 0.29) is 0 Å². The molecule has 0 N–H and O–H groups in total. The first kappa shape index (κ1) is 11.5. The molecule has 1 aliphatic rings. The Labute approximate surface area is 110 Å². The van der Waals surface area contributed by atoms with Crippen molar-refractivity contribution in [3.8, 4) is 0 Å². The highest BCUT2D eigenvalue weighted by Gasteiger charge is 2.17. The molecular formula is C12H15ClIN. The van der Waals surface area contributed by atoms with Crippen LogP contribution in [0.25, 0.3) is 0 Å². The Hall–Kier alpha value is 0.0400. The number of hydrogen-bond acceptors (Lipinski definition) is 1. The molecule has 1 aliphatic heterocycles. The van der Waals surface area contributed by atoms with Gasteiger partial charge in [0.15, 0.2) is 0 Å². The van der Waals surface area contributed by atoms with Crippen LogP contribution < -0.4 is 4.90 Å². The van der Waals surface area contributed by atoms with Gasteiger partial charge in [0.1, 0.15) is 0 Å². The Balaban J connectivity index is 2.15. The fourth-order valence-corrected chi connectivity index (χ4v) is 3.20. The monoisotopic (exact) mass is 335 g/mol. The summed E-state index contributed by atoms with van der Waals surface area (Å²) in [6.07, 6.45) is 2.61. The van der Waals surface area contributed by atoms with Gasteiger partial charge in [0.25, 0.3) is 0 Å². The van der Waals surface area contributed by atoms with Crippen molar-refractivity contribution in [2.45, 2.75) is 19.8 Å². The van der Waals surface area contributed by atoms with E-state index in [4.69, 9.17) is 11.6 Å². The third-order valence-corrected chi connectivity index (χ3v) is 4.13. The fraction of sp³-hybridized carbons (Fsp3) is 0.500. The van der Waals surface area contributed by atoms with Crippen molar-refractivity contribution in [3.05, 3.63) is 26.8 Å². The number of halogens is 2. The number of hydrogen-bond donors (Lipinski definition) is 0. The van der Waals surface area contributed by atoms with Crippen LogP contribution in [0.3, 0.4) is 0 Å². The van der Waals surface area contributed by atoms with Gasteiger partial charge in [-0.1, -0.05) is 18.5 Å². The lowest BCUT2D eigenvalue weighted by atomic mass is 9.99.